The van der Waals surface area contributed by atoms with E-state index in [2.05, 4.69) is 0 Å². The summed E-state index contributed by atoms with van der Waals surface area (Å²) in [6, 6.07) is 14.4. The van der Waals surface area contributed by atoms with Crippen molar-refractivity contribution in [2.75, 3.05) is 79.3 Å². The molecule has 0 aromatic heterocycles. The van der Waals surface area contributed by atoms with Crippen molar-refractivity contribution < 1.29 is 48.9 Å². The Morgan fingerprint density at radius 1 is 0.447 bits per heavy atom. The molecule has 0 aliphatic rings. The first kappa shape index (κ1) is 32.3. The van der Waals surface area contributed by atoms with Crippen LogP contribution in [-0.4, -0.2) is 96.1 Å². The minimum Gasteiger partial charge on any atom is -0.377 e. The Morgan fingerprint density at radius 3 is 1.13 bits per heavy atom. The van der Waals surface area contributed by atoms with Gasteiger partial charge in [-0.2, -0.15) is 16.8 Å². The number of aryl methyl sites for hydroxylation is 1. The summed E-state index contributed by atoms with van der Waals surface area (Å²) >= 11 is 0. The number of rotatable bonds is 22. The van der Waals surface area contributed by atoms with E-state index in [9.17, 15) is 16.8 Å². The van der Waals surface area contributed by atoms with Gasteiger partial charge in [0.15, 0.2) is 0 Å². The molecule has 2 rings (SSSR count). The van der Waals surface area contributed by atoms with Gasteiger partial charge in [-0.25, -0.2) is 0 Å². The molecular formula is C25H36O11S2. The van der Waals surface area contributed by atoms with Crippen molar-refractivity contribution >= 4 is 20.2 Å². The SMILES string of the molecule is Cc1ccc(S(=O)(=O)OCCOCCOCCOCCOCCOCCOS(=O)(=O)c2ccccc2)cc1. The minimum atomic E-state index is -3.78. The second-order valence-electron chi connectivity index (χ2n) is 7.74. The predicted octanol–water partition coefficient (Wildman–Crippen LogP) is 2.19. The van der Waals surface area contributed by atoms with E-state index in [1.54, 1.807) is 30.3 Å². The van der Waals surface area contributed by atoms with Crippen molar-refractivity contribution in [3.05, 3.63) is 60.2 Å². The number of hydrogen-bond acceptors (Lipinski definition) is 11. The van der Waals surface area contributed by atoms with Crippen LogP contribution in [0, 0.1) is 6.92 Å². The van der Waals surface area contributed by atoms with Crippen LogP contribution in [0.5, 0.6) is 0 Å². The highest BCUT2D eigenvalue weighted by Gasteiger charge is 2.15. The molecule has 0 amide bonds. The molecule has 11 nitrogen and oxygen atoms in total. The molecule has 2 aromatic carbocycles. The molecule has 0 atom stereocenters. The average molecular weight is 577 g/mol. The molecule has 0 spiro atoms. The molecule has 214 valence electrons. The lowest BCUT2D eigenvalue weighted by Crippen LogP contribution is -2.15. The van der Waals surface area contributed by atoms with Crippen LogP contribution in [-0.2, 0) is 52.3 Å². The fraction of sp³-hybridized carbons (Fsp3) is 0.520. The molecule has 0 aliphatic heterocycles. The van der Waals surface area contributed by atoms with Crippen LogP contribution >= 0.6 is 0 Å². The van der Waals surface area contributed by atoms with E-state index in [1.165, 1.54) is 24.3 Å². The molecular weight excluding hydrogens is 540 g/mol. The van der Waals surface area contributed by atoms with Gasteiger partial charge in [-0.3, -0.25) is 8.37 Å². The van der Waals surface area contributed by atoms with Crippen LogP contribution in [0.25, 0.3) is 0 Å². The number of benzene rings is 2. The van der Waals surface area contributed by atoms with Crippen molar-refractivity contribution in [1.82, 2.24) is 0 Å². The maximum absolute atomic E-state index is 12.0. The summed E-state index contributed by atoms with van der Waals surface area (Å²) in [4.78, 5) is 0.224. The Hall–Kier alpha value is -1.94. The van der Waals surface area contributed by atoms with E-state index < -0.39 is 20.2 Å². The van der Waals surface area contributed by atoms with Crippen LogP contribution < -0.4 is 0 Å². The van der Waals surface area contributed by atoms with E-state index in [4.69, 9.17) is 32.1 Å². The maximum Gasteiger partial charge on any atom is 0.297 e. The second-order valence-corrected chi connectivity index (χ2v) is 11.0. The lowest BCUT2D eigenvalue weighted by Gasteiger charge is -2.09. The van der Waals surface area contributed by atoms with Crippen molar-refractivity contribution in [3.8, 4) is 0 Å². The van der Waals surface area contributed by atoms with Crippen LogP contribution in [0.1, 0.15) is 5.56 Å². The third-order valence-corrected chi connectivity index (χ3v) is 7.41. The Labute approximate surface area is 225 Å². The molecule has 0 bridgehead atoms. The largest absolute Gasteiger partial charge is 0.377 e. The van der Waals surface area contributed by atoms with Gasteiger partial charge >= 0.3 is 0 Å². The van der Waals surface area contributed by atoms with Crippen molar-refractivity contribution in [2.24, 2.45) is 0 Å². The van der Waals surface area contributed by atoms with Crippen LogP contribution in [0.4, 0.5) is 0 Å². The molecule has 0 N–H and O–H groups in total. The first-order valence-electron chi connectivity index (χ1n) is 12.1. The molecule has 0 saturated heterocycles. The fourth-order valence-corrected chi connectivity index (χ4v) is 4.62. The van der Waals surface area contributed by atoms with Gasteiger partial charge in [0.2, 0.25) is 0 Å². The fourth-order valence-electron chi connectivity index (χ4n) is 2.82. The summed E-state index contributed by atoms with van der Waals surface area (Å²) in [5.74, 6) is 0. The van der Waals surface area contributed by atoms with Gasteiger partial charge < -0.3 is 23.7 Å². The van der Waals surface area contributed by atoms with Crippen molar-refractivity contribution in [1.29, 1.82) is 0 Å². The van der Waals surface area contributed by atoms with E-state index in [0.717, 1.165) is 5.56 Å². The zero-order chi connectivity index (χ0) is 27.5. The first-order valence-corrected chi connectivity index (χ1v) is 14.9. The Bertz CT molecular complexity index is 1090. The summed E-state index contributed by atoms with van der Waals surface area (Å²) in [5, 5.41) is 0. The van der Waals surface area contributed by atoms with E-state index in [0.29, 0.717) is 52.9 Å². The molecule has 38 heavy (non-hydrogen) atoms. The third-order valence-electron chi connectivity index (χ3n) is 4.76. The van der Waals surface area contributed by atoms with Crippen molar-refractivity contribution in [3.63, 3.8) is 0 Å². The quantitative estimate of drug-likeness (QED) is 0.151. The molecule has 0 heterocycles. The third kappa shape index (κ3) is 13.7. The van der Waals surface area contributed by atoms with Crippen LogP contribution in [0.2, 0.25) is 0 Å². The lowest BCUT2D eigenvalue weighted by molar-refractivity contribution is -0.0139. The minimum absolute atomic E-state index is 0.0743. The smallest absolute Gasteiger partial charge is 0.297 e. The summed E-state index contributed by atoms with van der Waals surface area (Å²) in [7, 11) is -7.55. The lowest BCUT2D eigenvalue weighted by atomic mass is 10.2. The number of hydrogen-bond donors (Lipinski definition) is 0. The first-order chi connectivity index (χ1) is 18.3. The molecule has 0 fully saturated rings. The maximum atomic E-state index is 12.0. The molecule has 0 unspecified atom stereocenters. The Kier molecular flexibility index (Phi) is 15.6. The van der Waals surface area contributed by atoms with Gasteiger partial charge in [-0.15, -0.1) is 0 Å². The van der Waals surface area contributed by atoms with E-state index >= 15 is 0 Å². The van der Waals surface area contributed by atoms with Crippen molar-refractivity contribution in [2.45, 2.75) is 16.7 Å². The molecule has 0 radical (unpaired) electrons. The highest BCUT2D eigenvalue weighted by molar-refractivity contribution is 7.87. The Balaban J connectivity index is 1.31. The van der Waals surface area contributed by atoms with E-state index in [1.807, 2.05) is 6.92 Å². The summed E-state index contributed by atoms with van der Waals surface area (Å²) in [6.45, 7) is 4.85. The normalized spacial score (nSPS) is 12.1. The van der Waals surface area contributed by atoms with Gasteiger partial charge in [0.1, 0.15) is 0 Å². The summed E-state index contributed by atoms with van der Waals surface area (Å²) < 4.78 is 84.5. The van der Waals surface area contributed by atoms with Gasteiger partial charge in [-0.1, -0.05) is 35.9 Å². The number of ether oxygens (including phenoxy) is 5. The zero-order valence-electron chi connectivity index (χ0n) is 21.5. The standard InChI is InChI=1S/C25H36O11S2/c1-23-7-9-25(10-8-23)38(28,29)36-22-20-34-18-16-32-14-12-30-11-13-31-15-17-33-19-21-35-37(26,27)24-5-3-2-4-6-24/h2-10H,11-22H2,1H3. The second kappa shape index (κ2) is 18.4. The van der Waals surface area contributed by atoms with Gasteiger partial charge in [-0.05, 0) is 31.2 Å². The predicted molar refractivity (Wildman–Crippen MR) is 138 cm³/mol. The van der Waals surface area contributed by atoms with Gasteiger partial charge in [0, 0.05) is 0 Å². The monoisotopic (exact) mass is 576 g/mol. The highest BCUT2D eigenvalue weighted by Crippen LogP contribution is 2.13. The van der Waals surface area contributed by atoms with E-state index in [-0.39, 0.29) is 36.2 Å². The van der Waals surface area contributed by atoms with Gasteiger partial charge in [0.05, 0.1) is 89.1 Å². The molecule has 13 heteroatoms. The highest BCUT2D eigenvalue weighted by atomic mass is 32.2. The molecule has 0 aliphatic carbocycles. The zero-order valence-corrected chi connectivity index (χ0v) is 23.1. The average Bonchev–Trinajstić information content (AvgIpc) is 2.90. The van der Waals surface area contributed by atoms with Gasteiger partial charge in [0.25, 0.3) is 20.2 Å². The Morgan fingerprint density at radius 2 is 0.763 bits per heavy atom. The summed E-state index contributed by atoms with van der Waals surface area (Å²) in [5.41, 5.74) is 0.966. The topological polar surface area (TPSA) is 133 Å². The summed E-state index contributed by atoms with van der Waals surface area (Å²) in [6.07, 6.45) is 0. The molecule has 2 aromatic rings. The van der Waals surface area contributed by atoms with Crippen LogP contribution in [0.3, 0.4) is 0 Å². The molecule has 0 saturated carbocycles. The van der Waals surface area contributed by atoms with Crippen LogP contribution in [0.15, 0.2) is 64.4 Å².